The number of carbonyl (C=O) groups is 2. The number of aromatic hydroxyl groups is 2. The van der Waals surface area contributed by atoms with Crippen LogP contribution in [0.3, 0.4) is 0 Å². The van der Waals surface area contributed by atoms with E-state index < -0.39 is 39.0 Å². The van der Waals surface area contributed by atoms with Crippen LogP contribution in [0.1, 0.15) is 221 Å². The Morgan fingerprint density at radius 1 is 0.391 bits per heavy atom. The Balaban J connectivity index is 1.98. The van der Waals surface area contributed by atoms with E-state index in [4.69, 9.17) is 9.47 Å². The Labute approximate surface area is 419 Å². The number of hydrogen-bond donors (Lipinski definition) is 2. The summed E-state index contributed by atoms with van der Waals surface area (Å²) >= 11 is 0. The minimum atomic E-state index is -1.90. The van der Waals surface area contributed by atoms with Crippen molar-refractivity contribution in [1.29, 1.82) is 0 Å². The van der Waals surface area contributed by atoms with Gasteiger partial charge in [0.2, 0.25) is 0 Å². The van der Waals surface area contributed by atoms with Gasteiger partial charge in [0.25, 0.3) is 0 Å². The van der Waals surface area contributed by atoms with Gasteiger partial charge in [-0.25, -0.2) is 0 Å². The molecule has 0 aliphatic carbocycles. The number of benzene rings is 4. The predicted octanol–water partition coefficient (Wildman–Crippen LogP) is 16.0. The molecule has 0 spiro atoms. The lowest BCUT2D eigenvalue weighted by atomic mass is 9.71. The van der Waals surface area contributed by atoms with E-state index in [1.807, 2.05) is 48.5 Å². The highest BCUT2D eigenvalue weighted by molar-refractivity contribution is 6.01. The molecule has 0 amide bonds. The zero-order valence-electron chi connectivity index (χ0n) is 47.2. The van der Waals surface area contributed by atoms with Gasteiger partial charge >= 0.3 is 11.9 Å². The zero-order valence-corrected chi connectivity index (χ0v) is 47.2. The third-order valence-corrected chi connectivity index (χ3v) is 13.5. The van der Waals surface area contributed by atoms with Gasteiger partial charge in [-0.1, -0.05) is 225 Å². The van der Waals surface area contributed by atoms with Gasteiger partial charge in [0.1, 0.15) is 24.7 Å². The molecular weight excluding hydrogens is 853 g/mol. The summed E-state index contributed by atoms with van der Waals surface area (Å²) in [6.07, 6.45) is 1.87. The van der Waals surface area contributed by atoms with Crippen LogP contribution in [-0.2, 0) is 77.6 Å². The van der Waals surface area contributed by atoms with Gasteiger partial charge in [-0.15, -0.1) is 0 Å². The molecule has 0 saturated heterocycles. The van der Waals surface area contributed by atoms with Crippen molar-refractivity contribution >= 4 is 11.9 Å². The molecule has 6 heteroatoms. The van der Waals surface area contributed by atoms with Gasteiger partial charge < -0.3 is 19.7 Å². The molecular formula is C63H92O6. The molecule has 0 aliphatic rings. The summed E-state index contributed by atoms with van der Waals surface area (Å²) in [4.78, 5) is 31.2. The quantitative estimate of drug-likeness (QED) is 0.0966. The van der Waals surface area contributed by atoms with Crippen LogP contribution in [0.5, 0.6) is 11.5 Å². The van der Waals surface area contributed by atoms with Crippen molar-refractivity contribution in [3.05, 3.63) is 128 Å². The van der Waals surface area contributed by atoms with Crippen LogP contribution in [0.2, 0.25) is 0 Å². The summed E-state index contributed by atoms with van der Waals surface area (Å²) < 4.78 is 12.8. The molecule has 0 unspecified atom stereocenters. The summed E-state index contributed by atoms with van der Waals surface area (Å²) in [5, 5.41) is 23.7. The Morgan fingerprint density at radius 2 is 0.638 bits per heavy atom. The largest absolute Gasteiger partial charge is 0.507 e. The maximum Gasteiger partial charge on any atom is 0.324 e. The molecule has 0 heterocycles. The molecule has 4 aromatic carbocycles. The Morgan fingerprint density at radius 3 is 0.855 bits per heavy atom. The second kappa shape index (κ2) is 19.9. The van der Waals surface area contributed by atoms with E-state index >= 15 is 9.59 Å². The molecule has 0 bridgehead atoms. The fourth-order valence-electron chi connectivity index (χ4n) is 10.5. The van der Waals surface area contributed by atoms with E-state index in [0.29, 0.717) is 11.1 Å². The Hall–Kier alpha value is -4.58. The van der Waals surface area contributed by atoms with Crippen LogP contribution in [0.25, 0.3) is 0 Å². The van der Waals surface area contributed by atoms with Crippen molar-refractivity contribution in [3.8, 4) is 11.5 Å². The molecule has 69 heavy (non-hydrogen) atoms. The highest BCUT2D eigenvalue weighted by Gasteiger charge is 2.50. The van der Waals surface area contributed by atoms with Gasteiger partial charge in [-0.2, -0.15) is 0 Å². The average molecular weight is 945 g/mol. The normalized spacial score (nSPS) is 13.7. The first-order valence-corrected chi connectivity index (χ1v) is 25.3. The first-order valence-electron chi connectivity index (χ1n) is 25.3. The lowest BCUT2D eigenvalue weighted by Crippen LogP contribution is -2.46. The van der Waals surface area contributed by atoms with Gasteiger partial charge in [0.15, 0.2) is 5.41 Å². The molecule has 6 nitrogen and oxygen atoms in total. The maximum atomic E-state index is 15.6. The third-order valence-electron chi connectivity index (χ3n) is 13.5. The highest BCUT2D eigenvalue weighted by Crippen LogP contribution is 2.45. The molecule has 0 aromatic heterocycles. The second-order valence-electron chi connectivity index (χ2n) is 28.3. The Kier molecular flexibility index (Phi) is 16.4. The maximum absolute atomic E-state index is 15.6. The molecule has 4 aromatic rings. The van der Waals surface area contributed by atoms with Crippen molar-refractivity contribution in [3.63, 3.8) is 0 Å². The van der Waals surface area contributed by atoms with Crippen LogP contribution < -0.4 is 0 Å². The molecule has 0 radical (unpaired) electrons. The van der Waals surface area contributed by atoms with Crippen LogP contribution in [0.15, 0.2) is 72.8 Å². The molecule has 380 valence electrons. The first-order chi connectivity index (χ1) is 31.1. The summed E-state index contributed by atoms with van der Waals surface area (Å²) in [6, 6.07) is 24.2. The van der Waals surface area contributed by atoms with E-state index in [-0.39, 0.29) is 59.2 Å². The van der Waals surface area contributed by atoms with E-state index in [9.17, 15) is 10.2 Å². The van der Waals surface area contributed by atoms with Crippen LogP contribution in [0.4, 0.5) is 0 Å². The van der Waals surface area contributed by atoms with Crippen molar-refractivity contribution < 1.29 is 29.3 Å². The van der Waals surface area contributed by atoms with Crippen molar-refractivity contribution in [2.24, 2.45) is 16.2 Å². The molecule has 0 atom stereocenters. The molecule has 4 rings (SSSR count). The minimum absolute atomic E-state index is 0.0498. The smallest absolute Gasteiger partial charge is 0.324 e. The van der Waals surface area contributed by atoms with Crippen molar-refractivity contribution in [1.82, 2.24) is 0 Å². The number of carbonyl (C=O) groups excluding carboxylic acids is 2. The Bertz CT molecular complexity index is 2180. The molecule has 2 N–H and O–H groups in total. The van der Waals surface area contributed by atoms with Gasteiger partial charge in [-0.05, 0) is 125 Å². The summed E-state index contributed by atoms with van der Waals surface area (Å²) in [5.74, 6) is -0.981. The standard InChI is InChI=1S/C63H92O6/c1-55(2,3)39-61(19,20)45-27-23-41(24-28-45)37-68-53(66)63(35-43-31-47(57(7,8)9)51(64)48(32-43)58(10,11)12,36-44-33-49(59(13,14)15)52(65)50(34-44)60(16,17)18)54(67)69-38-42-25-29-46(30-26-42)62(21,22)40-56(4,5)6/h23-34,64-65H,35-40H2,1-22H3. The van der Waals surface area contributed by atoms with E-state index in [0.717, 1.165) is 46.2 Å². The summed E-state index contributed by atoms with van der Waals surface area (Å²) in [5.41, 5.74) is 4.68. The van der Waals surface area contributed by atoms with Crippen LogP contribution in [0, 0.1) is 16.2 Å². The molecule has 0 fully saturated rings. The predicted molar refractivity (Wildman–Crippen MR) is 288 cm³/mol. The third kappa shape index (κ3) is 14.7. The summed E-state index contributed by atoms with van der Waals surface area (Å²) in [7, 11) is 0. The van der Waals surface area contributed by atoms with Gasteiger partial charge in [-0.3, -0.25) is 9.59 Å². The zero-order chi connectivity index (χ0) is 52.7. The second-order valence-corrected chi connectivity index (χ2v) is 28.3. The van der Waals surface area contributed by atoms with Crippen LogP contribution >= 0.6 is 0 Å². The minimum Gasteiger partial charge on any atom is -0.507 e. The lowest BCUT2D eigenvalue weighted by Gasteiger charge is -2.34. The van der Waals surface area contributed by atoms with Gasteiger partial charge in [0.05, 0.1) is 0 Å². The van der Waals surface area contributed by atoms with Gasteiger partial charge in [0, 0.05) is 0 Å². The molecule has 0 saturated carbocycles. The van der Waals surface area contributed by atoms with Crippen LogP contribution in [-0.4, -0.2) is 22.2 Å². The summed E-state index contributed by atoms with van der Waals surface area (Å²) in [6.45, 7) is 47.1. The monoisotopic (exact) mass is 945 g/mol. The average Bonchev–Trinajstić information content (AvgIpc) is 3.16. The van der Waals surface area contributed by atoms with Crippen molar-refractivity contribution in [2.75, 3.05) is 0 Å². The van der Waals surface area contributed by atoms with E-state index in [2.05, 4.69) is 177 Å². The number of hydrogen-bond acceptors (Lipinski definition) is 6. The number of ether oxygens (including phenoxy) is 2. The fourth-order valence-corrected chi connectivity index (χ4v) is 10.5. The van der Waals surface area contributed by atoms with Crippen molar-refractivity contribution in [2.45, 2.75) is 224 Å². The highest BCUT2D eigenvalue weighted by atomic mass is 16.6. The van der Waals surface area contributed by atoms with E-state index in [1.165, 1.54) is 11.1 Å². The fraction of sp³-hybridized carbons (Fsp3) is 0.587. The lowest BCUT2D eigenvalue weighted by molar-refractivity contribution is -0.174. The number of phenolic OH excluding ortho intramolecular Hbond substituents is 2. The molecule has 0 aliphatic heterocycles. The first kappa shape index (κ1) is 57.0. The number of phenols is 2. The number of rotatable bonds is 14. The topological polar surface area (TPSA) is 93.1 Å². The number of esters is 2. The van der Waals surface area contributed by atoms with E-state index in [1.54, 1.807) is 0 Å². The SMILES string of the molecule is CC(C)(C)CC(C)(C)c1ccc(COC(=O)C(Cc2cc(C(C)(C)C)c(O)c(C(C)(C)C)c2)(Cc2cc(C(C)(C)C)c(O)c(C(C)(C)C)c2)C(=O)OCc2ccc(C(C)(C)CC(C)(C)C)cc2)cc1.